The number of hydrogen-bond acceptors (Lipinski definition) is 3. The summed E-state index contributed by atoms with van der Waals surface area (Å²) in [5.41, 5.74) is 1.09. The Balaban J connectivity index is 3.11. The molecule has 18 heavy (non-hydrogen) atoms. The number of aliphatic carboxylic acids is 1. The predicted octanol–water partition coefficient (Wildman–Crippen LogP) is 2.36. The number of carbonyl (C=O) groups excluding carboxylic acids is 1. The van der Waals surface area contributed by atoms with Gasteiger partial charge in [-0.05, 0) is 11.1 Å². The van der Waals surface area contributed by atoms with Gasteiger partial charge in [0.05, 0.1) is 0 Å². The summed E-state index contributed by atoms with van der Waals surface area (Å²) in [6, 6.07) is 4.29. The third kappa shape index (κ3) is 3.45. The van der Waals surface area contributed by atoms with Gasteiger partial charge in [-0.25, -0.2) is 4.79 Å². The normalized spacial score (nSPS) is 12.2. The number of alkyl halides is 2. The van der Waals surface area contributed by atoms with Gasteiger partial charge in [-0.2, -0.15) is 0 Å². The van der Waals surface area contributed by atoms with Gasteiger partial charge in [0.1, 0.15) is 0 Å². The van der Waals surface area contributed by atoms with E-state index < -0.39 is 12.1 Å². The molecular formula is C12H12Cl2O4. The zero-order valence-corrected chi connectivity index (χ0v) is 10.9. The molecule has 98 valence electrons. The number of hydrogen-bond donors (Lipinski definition) is 2. The van der Waals surface area contributed by atoms with Crippen molar-refractivity contribution < 1.29 is 19.8 Å². The van der Waals surface area contributed by atoms with Crippen LogP contribution >= 0.6 is 23.2 Å². The van der Waals surface area contributed by atoms with Gasteiger partial charge in [0.25, 0.3) is 0 Å². The maximum atomic E-state index is 11.7. The van der Waals surface area contributed by atoms with Crippen molar-refractivity contribution in [1.29, 1.82) is 0 Å². The highest BCUT2D eigenvalue weighted by molar-refractivity contribution is 6.20. The Hall–Kier alpha value is -1.10. The van der Waals surface area contributed by atoms with Crippen LogP contribution in [-0.4, -0.2) is 27.8 Å². The van der Waals surface area contributed by atoms with Gasteiger partial charge in [0.15, 0.2) is 11.9 Å². The Labute approximate surface area is 114 Å². The van der Waals surface area contributed by atoms with E-state index in [1.165, 1.54) is 18.2 Å². The minimum Gasteiger partial charge on any atom is -0.479 e. The predicted molar refractivity (Wildman–Crippen MR) is 68.3 cm³/mol. The second-order valence-corrected chi connectivity index (χ2v) is 4.30. The molecule has 0 heterocycles. The summed E-state index contributed by atoms with van der Waals surface area (Å²) in [5.74, 6) is -1.24. The maximum Gasteiger partial charge on any atom is 0.337 e. The average molecular weight is 291 g/mol. The van der Waals surface area contributed by atoms with Crippen molar-refractivity contribution in [2.75, 3.05) is 5.88 Å². The maximum absolute atomic E-state index is 11.7. The Morgan fingerprint density at radius 2 is 1.94 bits per heavy atom. The van der Waals surface area contributed by atoms with E-state index in [1.54, 1.807) is 0 Å². The molecule has 0 aliphatic carbocycles. The van der Waals surface area contributed by atoms with Crippen LogP contribution in [0.3, 0.4) is 0 Å². The Morgan fingerprint density at radius 1 is 1.28 bits per heavy atom. The van der Waals surface area contributed by atoms with Gasteiger partial charge < -0.3 is 10.2 Å². The van der Waals surface area contributed by atoms with Crippen LogP contribution in [0.5, 0.6) is 0 Å². The molecule has 0 fully saturated rings. The number of aliphatic hydroxyl groups is 1. The van der Waals surface area contributed by atoms with Gasteiger partial charge in [0, 0.05) is 23.7 Å². The zero-order valence-electron chi connectivity index (χ0n) is 9.40. The molecular weight excluding hydrogens is 279 g/mol. The first-order chi connectivity index (χ1) is 8.51. The molecule has 0 spiro atoms. The number of halogens is 2. The summed E-state index contributed by atoms with van der Waals surface area (Å²) in [6.45, 7) is 0. The Bertz CT molecular complexity index is 459. The van der Waals surface area contributed by atoms with Crippen LogP contribution in [0.25, 0.3) is 0 Å². The summed E-state index contributed by atoms with van der Waals surface area (Å²) in [7, 11) is 0. The lowest BCUT2D eigenvalue weighted by Gasteiger charge is -2.10. The van der Waals surface area contributed by atoms with Crippen molar-refractivity contribution in [3.8, 4) is 0 Å². The molecule has 0 bridgehead atoms. The standard InChI is InChI=1S/C12H12Cl2O4/c13-4-3-10(15)9-2-1-7(5-8(9)6-14)11(16)12(17)18/h1-2,5,11,16H,3-4,6H2,(H,17,18). The minimum absolute atomic E-state index is 0.0591. The molecule has 0 radical (unpaired) electrons. The van der Waals surface area contributed by atoms with E-state index in [0.717, 1.165) is 0 Å². The quantitative estimate of drug-likeness (QED) is 0.623. The molecule has 2 N–H and O–H groups in total. The highest BCUT2D eigenvalue weighted by atomic mass is 35.5. The fourth-order valence-corrected chi connectivity index (χ4v) is 1.92. The number of ketones is 1. The first kappa shape index (κ1) is 15.0. The molecule has 0 amide bonds. The summed E-state index contributed by atoms with van der Waals surface area (Å²) in [6.07, 6.45) is -1.43. The molecule has 0 saturated heterocycles. The zero-order chi connectivity index (χ0) is 13.7. The molecule has 0 aromatic heterocycles. The summed E-state index contributed by atoms with van der Waals surface area (Å²) in [5, 5.41) is 18.1. The second-order valence-electron chi connectivity index (χ2n) is 3.65. The summed E-state index contributed by atoms with van der Waals surface area (Å²) in [4.78, 5) is 22.4. The topological polar surface area (TPSA) is 74.6 Å². The van der Waals surface area contributed by atoms with Crippen LogP contribution in [0.2, 0.25) is 0 Å². The van der Waals surface area contributed by atoms with Crippen LogP contribution in [0.15, 0.2) is 18.2 Å². The van der Waals surface area contributed by atoms with Crippen molar-refractivity contribution in [3.05, 3.63) is 34.9 Å². The van der Waals surface area contributed by atoms with Crippen LogP contribution in [0, 0.1) is 0 Å². The fraction of sp³-hybridized carbons (Fsp3) is 0.333. The molecule has 0 saturated carbocycles. The largest absolute Gasteiger partial charge is 0.479 e. The third-order valence-electron chi connectivity index (χ3n) is 2.44. The number of Topliss-reactive ketones (excluding diaryl/α,β-unsaturated/α-hetero) is 1. The first-order valence-electron chi connectivity index (χ1n) is 5.20. The monoisotopic (exact) mass is 290 g/mol. The number of carboxylic acids is 1. The molecule has 1 aromatic carbocycles. The fourth-order valence-electron chi connectivity index (χ4n) is 1.53. The van der Waals surface area contributed by atoms with Crippen LogP contribution in [0.1, 0.15) is 34.0 Å². The number of carbonyl (C=O) groups is 2. The number of carboxylic acid groups (broad SMARTS) is 1. The Morgan fingerprint density at radius 3 is 2.44 bits per heavy atom. The van der Waals surface area contributed by atoms with E-state index in [4.69, 9.17) is 28.3 Å². The molecule has 0 aliphatic rings. The molecule has 6 heteroatoms. The van der Waals surface area contributed by atoms with Crippen molar-refractivity contribution >= 4 is 35.0 Å². The van der Waals surface area contributed by atoms with Crippen molar-refractivity contribution in [1.82, 2.24) is 0 Å². The molecule has 4 nitrogen and oxygen atoms in total. The number of aliphatic hydroxyl groups excluding tert-OH is 1. The SMILES string of the molecule is O=C(CCCl)c1ccc(C(O)C(=O)O)cc1CCl. The molecule has 0 aliphatic heterocycles. The Kier molecular flexibility index (Phi) is 5.59. The van der Waals surface area contributed by atoms with Crippen molar-refractivity contribution in [3.63, 3.8) is 0 Å². The lowest BCUT2D eigenvalue weighted by atomic mass is 9.98. The summed E-state index contributed by atoms with van der Waals surface area (Å²) < 4.78 is 0. The molecule has 1 atom stereocenters. The van der Waals surface area contributed by atoms with E-state index in [9.17, 15) is 14.7 Å². The van der Waals surface area contributed by atoms with Crippen LogP contribution < -0.4 is 0 Å². The smallest absolute Gasteiger partial charge is 0.337 e. The number of rotatable bonds is 6. The molecule has 1 unspecified atom stereocenters. The van der Waals surface area contributed by atoms with E-state index in [0.29, 0.717) is 11.1 Å². The van der Waals surface area contributed by atoms with E-state index in [2.05, 4.69) is 0 Å². The van der Waals surface area contributed by atoms with Gasteiger partial charge in [0.2, 0.25) is 0 Å². The lowest BCUT2D eigenvalue weighted by Crippen LogP contribution is -2.12. The second kappa shape index (κ2) is 6.73. The van der Waals surface area contributed by atoms with Crippen molar-refractivity contribution in [2.24, 2.45) is 0 Å². The van der Waals surface area contributed by atoms with Crippen LogP contribution in [0.4, 0.5) is 0 Å². The van der Waals surface area contributed by atoms with Crippen LogP contribution in [-0.2, 0) is 10.7 Å². The van der Waals surface area contributed by atoms with Gasteiger partial charge in [-0.1, -0.05) is 18.2 Å². The summed E-state index contributed by atoms with van der Waals surface area (Å²) >= 11 is 11.2. The third-order valence-corrected chi connectivity index (χ3v) is 2.92. The molecule has 1 rings (SSSR count). The van der Waals surface area contributed by atoms with Gasteiger partial charge >= 0.3 is 5.97 Å². The highest BCUT2D eigenvalue weighted by Gasteiger charge is 2.18. The van der Waals surface area contributed by atoms with Gasteiger partial charge in [-0.3, -0.25) is 4.79 Å². The number of benzene rings is 1. The minimum atomic E-state index is -1.62. The van der Waals surface area contributed by atoms with E-state index in [-0.39, 0.29) is 29.5 Å². The van der Waals surface area contributed by atoms with Gasteiger partial charge in [-0.15, -0.1) is 23.2 Å². The average Bonchev–Trinajstić information content (AvgIpc) is 2.37. The highest BCUT2D eigenvalue weighted by Crippen LogP contribution is 2.21. The van der Waals surface area contributed by atoms with E-state index >= 15 is 0 Å². The lowest BCUT2D eigenvalue weighted by molar-refractivity contribution is -0.146. The molecule has 1 aromatic rings. The van der Waals surface area contributed by atoms with E-state index in [1.807, 2.05) is 0 Å². The van der Waals surface area contributed by atoms with Crippen molar-refractivity contribution in [2.45, 2.75) is 18.4 Å². The first-order valence-corrected chi connectivity index (χ1v) is 6.27.